The highest BCUT2D eigenvalue weighted by Crippen LogP contribution is 2.53. The summed E-state index contributed by atoms with van der Waals surface area (Å²) in [7, 11) is 0. The molecule has 1 heterocycles. The van der Waals surface area contributed by atoms with E-state index in [1.807, 2.05) is 36.4 Å². The summed E-state index contributed by atoms with van der Waals surface area (Å²) in [4.78, 5) is 23.8. The normalized spacial score (nSPS) is 31.9. The zero-order chi connectivity index (χ0) is 16.2. The third kappa shape index (κ3) is 1.92. The number of allylic oxidation sites excluding steroid dienone is 3. The second-order valence-electron chi connectivity index (χ2n) is 6.38. The molecule has 23 heavy (non-hydrogen) atoms. The summed E-state index contributed by atoms with van der Waals surface area (Å²) in [5.41, 5.74) is 1.53. The van der Waals surface area contributed by atoms with Gasteiger partial charge in [0.1, 0.15) is 5.78 Å². The maximum Gasteiger partial charge on any atom is 0.387 e. The van der Waals surface area contributed by atoms with Crippen LogP contribution in [-0.4, -0.2) is 23.1 Å². The standard InChI is InChI=1S/C18H16O5/c1-18(10-5-3-2-4-6-10)8-7-11-14(18)12(19)9-13-15(11)23-17(22-13)16(20)21/h2-7,14,17H,8-9H2,1H3,(H,20,21). The zero-order valence-electron chi connectivity index (χ0n) is 12.6. The third-order valence-electron chi connectivity index (χ3n) is 4.98. The van der Waals surface area contributed by atoms with Gasteiger partial charge in [-0.05, 0) is 12.0 Å². The van der Waals surface area contributed by atoms with Gasteiger partial charge in [0, 0.05) is 11.0 Å². The van der Waals surface area contributed by atoms with Gasteiger partial charge in [-0.25, -0.2) is 4.79 Å². The molecule has 5 heteroatoms. The van der Waals surface area contributed by atoms with Crippen LogP contribution in [0.5, 0.6) is 0 Å². The molecule has 1 aromatic rings. The van der Waals surface area contributed by atoms with Gasteiger partial charge in [0.15, 0.2) is 11.5 Å². The predicted octanol–water partition coefficient (Wildman–Crippen LogP) is 2.53. The summed E-state index contributed by atoms with van der Waals surface area (Å²) in [5.74, 6) is -0.662. The monoisotopic (exact) mass is 312 g/mol. The largest absolute Gasteiger partial charge is 0.476 e. The second kappa shape index (κ2) is 4.72. The Kier molecular flexibility index (Phi) is 2.88. The van der Waals surface area contributed by atoms with E-state index in [9.17, 15) is 9.59 Å². The molecule has 3 atom stereocenters. The van der Waals surface area contributed by atoms with Crippen LogP contribution in [0.3, 0.4) is 0 Å². The SMILES string of the molecule is CC1(c2ccccc2)CC=C2C3=C(CC(=O)C21)OC(C(=O)O)O3. The number of ketones is 1. The molecule has 0 saturated carbocycles. The van der Waals surface area contributed by atoms with Crippen molar-refractivity contribution < 1.29 is 24.2 Å². The number of aliphatic carboxylic acids is 1. The van der Waals surface area contributed by atoms with Crippen LogP contribution in [0.15, 0.2) is 53.5 Å². The average Bonchev–Trinajstić information content (AvgIpc) is 3.11. The van der Waals surface area contributed by atoms with Gasteiger partial charge in [-0.2, -0.15) is 0 Å². The van der Waals surface area contributed by atoms with E-state index in [0.29, 0.717) is 17.9 Å². The molecular weight excluding hydrogens is 296 g/mol. The maximum atomic E-state index is 12.7. The van der Waals surface area contributed by atoms with Crippen molar-refractivity contribution in [1.29, 1.82) is 0 Å². The Hall–Kier alpha value is -2.56. The van der Waals surface area contributed by atoms with Crippen molar-refractivity contribution in [2.45, 2.75) is 31.5 Å². The first-order valence-corrected chi connectivity index (χ1v) is 7.58. The van der Waals surface area contributed by atoms with Crippen molar-refractivity contribution in [3.05, 3.63) is 59.1 Å². The highest BCUT2D eigenvalue weighted by molar-refractivity contribution is 5.91. The minimum absolute atomic E-state index is 0.0495. The number of hydrogen-bond donors (Lipinski definition) is 1. The Balaban J connectivity index is 1.73. The Morgan fingerprint density at radius 1 is 1.26 bits per heavy atom. The van der Waals surface area contributed by atoms with E-state index in [1.54, 1.807) is 0 Å². The summed E-state index contributed by atoms with van der Waals surface area (Å²) in [6.07, 6.45) is 1.43. The molecule has 0 saturated heterocycles. The molecule has 5 nitrogen and oxygen atoms in total. The highest BCUT2D eigenvalue weighted by Gasteiger charge is 2.52. The van der Waals surface area contributed by atoms with Crippen LogP contribution in [0.2, 0.25) is 0 Å². The molecule has 1 aromatic carbocycles. The topological polar surface area (TPSA) is 72.8 Å². The summed E-state index contributed by atoms with van der Waals surface area (Å²) < 4.78 is 10.7. The van der Waals surface area contributed by atoms with Crippen LogP contribution in [0.4, 0.5) is 0 Å². The number of carbonyl (C=O) groups is 2. The molecule has 0 aromatic heterocycles. The molecule has 3 aliphatic rings. The molecule has 0 radical (unpaired) electrons. The fourth-order valence-electron chi connectivity index (χ4n) is 3.85. The van der Waals surface area contributed by atoms with Crippen molar-refractivity contribution in [3.8, 4) is 0 Å². The number of fused-ring (bicyclic) bond motifs is 2. The van der Waals surface area contributed by atoms with E-state index in [2.05, 4.69) is 6.92 Å². The molecule has 0 fully saturated rings. The van der Waals surface area contributed by atoms with Crippen molar-refractivity contribution in [2.24, 2.45) is 5.92 Å². The van der Waals surface area contributed by atoms with Gasteiger partial charge < -0.3 is 14.6 Å². The number of ether oxygens (including phenoxy) is 2. The van der Waals surface area contributed by atoms with Gasteiger partial charge >= 0.3 is 12.3 Å². The van der Waals surface area contributed by atoms with E-state index in [1.165, 1.54) is 0 Å². The van der Waals surface area contributed by atoms with E-state index >= 15 is 0 Å². The molecule has 0 amide bonds. The van der Waals surface area contributed by atoms with Crippen LogP contribution in [0, 0.1) is 5.92 Å². The van der Waals surface area contributed by atoms with E-state index in [4.69, 9.17) is 14.6 Å². The Morgan fingerprint density at radius 3 is 2.70 bits per heavy atom. The zero-order valence-corrected chi connectivity index (χ0v) is 12.6. The smallest absolute Gasteiger partial charge is 0.387 e. The number of hydrogen-bond acceptors (Lipinski definition) is 4. The fourth-order valence-corrected chi connectivity index (χ4v) is 3.85. The van der Waals surface area contributed by atoms with Gasteiger partial charge in [0.2, 0.25) is 0 Å². The quantitative estimate of drug-likeness (QED) is 0.908. The first kappa shape index (κ1) is 14.1. The lowest BCUT2D eigenvalue weighted by molar-refractivity contribution is -0.164. The van der Waals surface area contributed by atoms with Crippen LogP contribution >= 0.6 is 0 Å². The summed E-state index contributed by atoms with van der Waals surface area (Å²) >= 11 is 0. The molecule has 118 valence electrons. The molecule has 1 N–H and O–H groups in total. The van der Waals surface area contributed by atoms with Crippen molar-refractivity contribution in [3.63, 3.8) is 0 Å². The lowest BCUT2D eigenvalue weighted by atomic mass is 9.67. The number of carboxylic acids is 1. The van der Waals surface area contributed by atoms with E-state index in [0.717, 1.165) is 11.1 Å². The van der Waals surface area contributed by atoms with Crippen molar-refractivity contribution in [1.82, 2.24) is 0 Å². The van der Waals surface area contributed by atoms with Crippen LogP contribution < -0.4 is 0 Å². The average molecular weight is 312 g/mol. The van der Waals surface area contributed by atoms with Gasteiger partial charge in [0.25, 0.3) is 0 Å². The van der Waals surface area contributed by atoms with E-state index in [-0.39, 0.29) is 23.5 Å². The lowest BCUT2D eigenvalue weighted by Gasteiger charge is -2.34. The Morgan fingerprint density at radius 2 is 2.00 bits per heavy atom. The lowest BCUT2D eigenvalue weighted by Crippen LogP contribution is -2.37. The second-order valence-corrected chi connectivity index (χ2v) is 6.38. The molecular formula is C18H16O5. The molecule has 2 aliphatic carbocycles. The third-order valence-corrected chi connectivity index (χ3v) is 4.98. The van der Waals surface area contributed by atoms with Crippen LogP contribution in [0.1, 0.15) is 25.3 Å². The molecule has 0 spiro atoms. The molecule has 3 unspecified atom stereocenters. The molecule has 1 aliphatic heterocycles. The molecule has 0 bridgehead atoms. The number of Topliss-reactive ketones (excluding diaryl/α,β-unsaturated/α-hetero) is 1. The van der Waals surface area contributed by atoms with Gasteiger partial charge in [0.05, 0.1) is 12.3 Å². The minimum atomic E-state index is -1.35. The molecule has 4 rings (SSSR count). The van der Waals surface area contributed by atoms with Gasteiger partial charge in [-0.1, -0.05) is 43.3 Å². The Bertz CT molecular complexity index is 761. The number of benzene rings is 1. The van der Waals surface area contributed by atoms with Crippen molar-refractivity contribution in [2.75, 3.05) is 0 Å². The fraction of sp³-hybridized carbons (Fsp3) is 0.333. The maximum absolute atomic E-state index is 12.7. The summed E-state index contributed by atoms with van der Waals surface area (Å²) in [6.45, 7) is 2.07. The first-order chi connectivity index (χ1) is 11.0. The minimum Gasteiger partial charge on any atom is -0.476 e. The number of rotatable bonds is 2. The van der Waals surface area contributed by atoms with Crippen LogP contribution in [-0.2, 0) is 24.5 Å². The van der Waals surface area contributed by atoms with Crippen LogP contribution in [0.25, 0.3) is 0 Å². The predicted molar refractivity (Wildman–Crippen MR) is 80.2 cm³/mol. The van der Waals surface area contributed by atoms with Gasteiger partial charge in [-0.3, -0.25) is 4.79 Å². The summed E-state index contributed by atoms with van der Waals surface area (Å²) in [6, 6.07) is 9.93. The Labute approximate surface area is 133 Å². The number of carbonyl (C=O) groups excluding carboxylic acids is 1. The first-order valence-electron chi connectivity index (χ1n) is 7.58. The van der Waals surface area contributed by atoms with Gasteiger partial charge in [-0.15, -0.1) is 0 Å². The summed E-state index contributed by atoms with van der Waals surface area (Å²) in [5, 5.41) is 9.07. The number of carboxylic acid groups (broad SMARTS) is 1. The van der Waals surface area contributed by atoms with E-state index < -0.39 is 12.3 Å². The van der Waals surface area contributed by atoms with Crippen molar-refractivity contribution >= 4 is 11.8 Å². The highest BCUT2D eigenvalue weighted by atomic mass is 16.7.